The Bertz CT molecular complexity index is 1320. The number of nitrogens with zero attached hydrogens (tertiary/aromatic N) is 2. The number of anilines is 1. The van der Waals surface area contributed by atoms with Gasteiger partial charge < -0.3 is 14.6 Å². The fourth-order valence-electron chi connectivity index (χ4n) is 4.38. The Morgan fingerprint density at radius 2 is 1.83 bits per heavy atom. The highest BCUT2D eigenvalue weighted by molar-refractivity contribution is 6.51. The summed E-state index contributed by atoms with van der Waals surface area (Å²) in [7, 11) is 1.53. The number of carbonyl (C=O) groups excluding carboxylic acids is 2. The number of amides is 1. The number of ketones is 1. The number of rotatable bonds is 6. The van der Waals surface area contributed by atoms with Crippen molar-refractivity contribution in [3.63, 3.8) is 0 Å². The summed E-state index contributed by atoms with van der Waals surface area (Å²) in [6, 6.07) is 16.5. The molecule has 1 amide bonds. The highest BCUT2D eigenvalue weighted by atomic mass is 16.5. The monoisotopic (exact) mass is 486 g/mol. The van der Waals surface area contributed by atoms with E-state index in [1.807, 2.05) is 33.8 Å². The number of pyridine rings is 1. The molecule has 0 saturated carbocycles. The predicted octanol–water partition coefficient (Wildman–Crippen LogP) is 5.41. The second-order valence-electron chi connectivity index (χ2n) is 9.52. The third-order valence-electron chi connectivity index (χ3n) is 6.10. The van der Waals surface area contributed by atoms with Crippen LogP contribution in [0.1, 0.15) is 50.6 Å². The average Bonchev–Trinajstić information content (AvgIpc) is 3.14. The van der Waals surface area contributed by atoms with Crippen LogP contribution in [-0.2, 0) is 15.0 Å². The third kappa shape index (κ3) is 4.56. The summed E-state index contributed by atoms with van der Waals surface area (Å²) in [6.45, 7) is 8.55. The molecule has 7 nitrogen and oxygen atoms in total. The lowest BCUT2D eigenvalue weighted by Gasteiger charge is -2.25. The van der Waals surface area contributed by atoms with Crippen molar-refractivity contribution in [2.75, 3.05) is 18.6 Å². The van der Waals surface area contributed by atoms with Gasteiger partial charge in [-0.25, -0.2) is 0 Å². The Labute approximate surface area is 211 Å². The van der Waals surface area contributed by atoms with Gasteiger partial charge in [0.2, 0.25) is 0 Å². The Morgan fingerprint density at radius 1 is 1.06 bits per heavy atom. The van der Waals surface area contributed by atoms with E-state index in [2.05, 4.69) is 4.98 Å². The molecule has 1 N–H and O–H groups in total. The maximum absolute atomic E-state index is 13.4. The van der Waals surface area contributed by atoms with E-state index >= 15 is 0 Å². The molecule has 1 saturated heterocycles. The summed E-state index contributed by atoms with van der Waals surface area (Å²) in [5, 5.41) is 11.5. The Kier molecular flexibility index (Phi) is 6.84. The van der Waals surface area contributed by atoms with Gasteiger partial charge in [-0.2, -0.15) is 0 Å². The number of methoxy groups -OCH3 is 1. The molecule has 4 rings (SSSR count). The molecular weight excluding hydrogens is 456 g/mol. The quantitative estimate of drug-likeness (QED) is 0.285. The van der Waals surface area contributed by atoms with E-state index in [-0.39, 0.29) is 16.7 Å². The maximum Gasteiger partial charge on any atom is 0.300 e. The van der Waals surface area contributed by atoms with Crippen LogP contribution in [0.15, 0.2) is 72.4 Å². The van der Waals surface area contributed by atoms with Gasteiger partial charge in [-0.1, -0.05) is 32.9 Å². The van der Waals surface area contributed by atoms with Crippen LogP contribution < -0.4 is 14.4 Å². The predicted molar refractivity (Wildman–Crippen MR) is 138 cm³/mol. The van der Waals surface area contributed by atoms with Crippen LogP contribution in [0.25, 0.3) is 5.76 Å². The fourth-order valence-corrected chi connectivity index (χ4v) is 4.38. The number of aliphatic hydroxyl groups excluding tert-OH is 1. The minimum atomic E-state index is -0.914. The highest BCUT2D eigenvalue weighted by Gasteiger charge is 2.47. The summed E-state index contributed by atoms with van der Waals surface area (Å²) in [5.41, 5.74) is 1.92. The second-order valence-corrected chi connectivity index (χ2v) is 9.52. The van der Waals surface area contributed by atoms with Crippen molar-refractivity contribution < 1.29 is 24.2 Å². The van der Waals surface area contributed by atoms with Crippen molar-refractivity contribution in [3.8, 4) is 11.5 Å². The van der Waals surface area contributed by atoms with Gasteiger partial charge >= 0.3 is 0 Å². The summed E-state index contributed by atoms with van der Waals surface area (Å²) >= 11 is 0. The molecule has 1 atom stereocenters. The van der Waals surface area contributed by atoms with Crippen molar-refractivity contribution in [2.24, 2.45) is 0 Å². The number of hydrogen-bond donors (Lipinski definition) is 1. The first kappa shape index (κ1) is 25.0. The lowest BCUT2D eigenvalue weighted by atomic mass is 9.84. The number of aliphatic hydroxyl groups is 1. The standard InChI is InChI=1S/C29H30N2O5/c1-6-36-23-14-13-18(16-21(23)29(2,3)4)26(32)24-25(22-12-7-8-15-30-22)31(28(34)27(24)33)19-10-9-11-20(17-19)35-5/h7-17,25,32H,6H2,1-5H3/b26-24-. The zero-order chi connectivity index (χ0) is 26.0. The highest BCUT2D eigenvalue weighted by Crippen LogP contribution is 2.43. The van der Waals surface area contributed by atoms with E-state index in [9.17, 15) is 14.7 Å². The topological polar surface area (TPSA) is 89.0 Å². The molecule has 7 heteroatoms. The van der Waals surface area contributed by atoms with Crippen LogP contribution in [0, 0.1) is 0 Å². The van der Waals surface area contributed by atoms with Gasteiger partial charge in [0.05, 0.1) is 25.0 Å². The number of ether oxygens (including phenoxy) is 2. The number of carbonyl (C=O) groups is 2. The number of hydrogen-bond acceptors (Lipinski definition) is 6. The van der Waals surface area contributed by atoms with Crippen molar-refractivity contribution in [3.05, 3.63) is 89.3 Å². The Hall–Kier alpha value is -4.13. The summed E-state index contributed by atoms with van der Waals surface area (Å²) < 4.78 is 11.1. The summed E-state index contributed by atoms with van der Waals surface area (Å²) in [5.74, 6) is -0.544. The molecule has 0 spiro atoms. The Morgan fingerprint density at radius 3 is 2.47 bits per heavy atom. The summed E-state index contributed by atoms with van der Waals surface area (Å²) in [4.78, 5) is 32.5. The van der Waals surface area contributed by atoms with E-state index in [1.165, 1.54) is 12.0 Å². The van der Waals surface area contributed by atoms with Crippen molar-refractivity contribution in [1.82, 2.24) is 4.98 Å². The van der Waals surface area contributed by atoms with Crippen molar-refractivity contribution in [2.45, 2.75) is 39.2 Å². The van der Waals surface area contributed by atoms with Gasteiger partial charge in [-0.15, -0.1) is 0 Å². The molecule has 1 aliphatic heterocycles. The van der Waals surface area contributed by atoms with E-state index in [4.69, 9.17) is 9.47 Å². The smallest absolute Gasteiger partial charge is 0.300 e. The summed E-state index contributed by atoms with van der Waals surface area (Å²) in [6.07, 6.45) is 1.59. The van der Waals surface area contributed by atoms with Crippen LogP contribution in [0.3, 0.4) is 0 Å². The van der Waals surface area contributed by atoms with Gasteiger partial charge in [-0.05, 0) is 54.8 Å². The first-order chi connectivity index (χ1) is 17.2. The van der Waals surface area contributed by atoms with Crippen LogP contribution in [0.5, 0.6) is 11.5 Å². The van der Waals surface area contributed by atoms with Crippen LogP contribution in [0.4, 0.5) is 5.69 Å². The molecule has 186 valence electrons. The molecule has 0 aliphatic carbocycles. The average molecular weight is 487 g/mol. The zero-order valence-corrected chi connectivity index (χ0v) is 21.1. The van der Waals surface area contributed by atoms with Gasteiger partial charge in [0.15, 0.2) is 0 Å². The molecule has 1 aromatic heterocycles. The maximum atomic E-state index is 13.4. The van der Waals surface area contributed by atoms with Gasteiger partial charge in [0.1, 0.15) is 23.3 Å². The molecule has 36 heavy (non-hydrogen) atoms. The van der Waals surface area contributed by atoms with E-state index in [0.29, 0.717) is 35.1 Å². The zero-order valence-electron chi connectivity index (χ0n) is 21.1. The minimum absolute atomic E-state index is 0.0226. The van der Waals surface area contributed by atoms with Gasteiger partial charge in [-0.3, -0.25) is 19.5 Å². The van der Waals surface area contributed by atoms with Crippen LogP contribution >= 0.6 is 0 Å². The number of aromatic nitrogens is 1. The van der Waals surface area contributed by atoms with E-state index in [1.54, 1.807) is 60.8 Å². The first-order valence-corrected chi connectivity index (χ1v) is 11.8. The normalized spacial score (nSPS) is 17.4. The molecule has 0 bridgehead atoms. The molecular formula is C29H30N2O5. The van der Waals surface area contributed by atoms with Crippen molar-refractivity contribution in [1.29, 1.82) is 0 Å². The Balaban J connectivity index is 1.93. The third-order valence-corrected chi connectivity index (χ3v) is 6.10. The molecule has 1 unspecified atom stereocenters. The van der Waals surface area contributed by atoms with E-state index < -0.39 is 17.7 Å². The minimum Gasteiger partial charge on any atom is -0.507 e. The van der Waals surface area contributed by atoms with E-state index in [0.717, 1.165) is 5.56 Å². The molecule has 0 radical (unpaired) electrons. The van der Waals surface area contributed by atoms with Crippen LogP contribution in [0.2, 0.25) is 0 Å². The number of benzene rings is 2. The molecule has 1 fully saturated rings. The first-order valence-electron chi connectivity index (χ1n) is 11.8. The molecule has 3 aromatic rings. The lowest BCUT2D eigenvalue weighted by molar-refractivity contribution is -0.132. The second kappa shape index (κ2) is 9.85. The largest absolute Gasteiger partial charge is 0.507 e. The van der Waals surface area contributed by atoms with Crippen LogP contribution in [-0.4, -0.2) is 35.5 Å². The molecule has 2 aromatic carbocycles. The van der Waals surface area contributed by atoms with Gasteiger partial charge in [0, 0.05) is 29.1 Å². The molecule has 1 aliphatic rings. The fraction of sp³-hybridized carbons (Fsp3) is 0.276. The SMILES string of the molecule is CCOc1ccc(/C(O)=C2/C(=O)C(=O)N(c3cccc(OC)c3)C2c2ccccn2)cc1C(C)(C)C. The molecule has 2 heterocycles. The number of Topliss-reactive ketones (excluding diaryl/α,β-unsaturated/α-hetero) is 1. The van der Waals surface area contributed by atoms with Gasteiger partial charge in [0.25, 0.3) is 11.7 Å². The van der Waals surface area contributed by atoms with Crippen molar-refractivity contribution >= 4 is 23.1 Å². The lowest BCUT2D eigenvalue weighted by Crippen LogP contribution is -2.29.